The summed E-state index contributed by atoms with van der Waals surface area (Å²) in [4.78, 5) is 12.6. The van der Waals surface area contributed by atoms with E-state index in [9.17, 15) is 4.79 Å². The quantitative estimate of drug-likeness (QED) is 0.129. The van der Waals surface area contributed by atoms with Gasteiger partial charge in [-0.25, -0.2) is 4.68 Å². The average Bonchev–Trinajstić information content (AvgIpc) is 3.60. The predicted molar refractivity (Wildman–Crippen MR) is 150 cm³/mol. The van der Waals surface area contributed by atoms with Crippen LogP contribution >= 0.6 is 11.3 Å². The van der Waals surface area contributed by atoms with Crippen LogP contribution in [0.25, 0.3) is 16.7 Å². The number of furan rings is 1. The second kappa shape index (κ2) is 11.0. The highest BCUT2D eigenvalue weighted by Gasteiger charge is 2.27. The van der Waals surface area contributed by atoms with Gasteiger partial charge in [0, 0.05) is 6.92 Å². The van der Waals surface area contributed by atoms with Crippen molar-refractivity contribution in [2.45, 2.75) is 20.8 Å². The van der Waals surface area contributed by atoms with Crippen LogP contribution in [0.1, 0.15) is 34.8 Å². The summed E-state index contributed by atoms with van der Waals surface area (Å²) in [5.41, 5.74) is 3.40. The molecule has 10 heteroatoms. The Morgan fingerprint density at radius 3 is 2.33 bits per heavy atom. The first-order valence-electron chi connectivity index (χ1n) is 12.1. The van der Waals surface area contributed by atoms with E-state index in [0.717, 1.165) is 22.6 Å². The Morgan fingerprint density at radius 1 is 0.949 bits per heavy atom. The van der Waals surface area contributed by atoms with Crippen molar-refractivity contribution < 1.29 is 23.4 Å². The van der Waals surface area contributed by atoms with Gasteiger partial charge in [-0.05, 0) is 44.2 Å². The van der Waals surface area contributed by atoms with E-state index < -0.39 is 0 Å². The van der Waals surface area contributed by atoms with Crippen molar-refractivity contribution >= 4 is 33.8 Å². The summed E-state index contributed by atoms with van der Waals surface area (Å²) in [5.74, 6) is 1.72. The van der Waals surface area contributed by atoms with Gasteiger partial charge in [0.05, 0.1) is 42.8 Å². The summed E-state index contributed by atoms with van der Waals surface area (Å²) in [6.07, 6.45) is 1.56. The van der Waals surface area contributed by atoms with Crippen LogP contribution < -0.4 is 19.0 Å². The molecule has 39 heavy (non-hydrogen) atoms. The summed E-state index contributed by atoms with van der Waals surface area (Å²) in [6, 6.07) is 18.9. The maximum atomic E-state index is 12.1. The second-order valence-electron chi connectivity index (χ2n) is 8.63. The predicted octanol–water partition coefficient (Wildman–Crippen LogP) is 6.33. The van der Waals surface area contributed by atoms with E-state index in [-0.39, 0.29) is 5.78 Å². The molecule has 2 aromatic heterocycles. The number of para-hydroxylation sites is 1. The van der Waals surface area contributed by atoms with Crippen molar-refractivity contribution in [2.24, 2.45) is 10.2 Å². The van der Waals surface area contributed by atoms with E-state index in [1.807, 2.05) is 61.5 Å². The third-order valence-corrected chi connectivity index (χ3v) is 6.93. The Kier molecular flexibility index (Phi) is 7.29. The van der Waals surface area contributed by atoms with Crippen molar-refractivity contribution in [1.29, 1.82) is 0 Å². The van der Waals surface area contributed by atoms with E-state index in [2.05, 4.69) is 15.3 Å². The van der Waals surface area contributed by atoms with Crippen LogP contribution in [0.4, 0.5) is 0 Å². The largest absolute Gasteiger partial charge is 0.495 e. The molecule has 2 heterocycles. The molecule has 0 atom stereocenters. The summed E-state index contributed by atoms with van der Waals surface area (Å²) in [6.45, 7) is 5.28. The van der Waals surface area contributed by atoms with Crippen LogP contribution in [-0.4, -0.2) is 35.5 Å². The molecule has 0 saturated carbocycles. The van der Waals surface area contributed by atoms with Gasteiger partial charge >= 0.3 is 0 Å². The number of aryl methyl sites for hydroxylation is 1. The molecule has 9 nitrogen and oxygen atoms in total. The SMILES string of the molecule is COc1c(/C(C)=N/N=c2sc(C(C)=O)nn2-c2ccc(C)cc2)c(Oc2ccccc2)c(OC)c2occc12. The lowest BCUT2D eigenvalue weighted by Gasteiger charge is -2.18. The maximum Gasteiger partial charge on any atom is 0.233 e. The van der Waals surface area contributed by atoms with Crippen molar-refractivity contribution in [3.63, 3.8) is 0 Å². The smallest absolute Gasteiger partial charge is 0.233 e. The fourth-order valence-electron chi connectivity index (χ4n) is 4.06. The minimum atomic E-state index is -0.154. The van der Waals surface area contributed by atoms with Gasteiger partial charge in [-0.1, -0.05) is 47.2 Å². The number of benzene rings is 3. The Balaban J connectivity index is 1.72. The van der Waals surface area contributed by atoms with Crippen molar-refractivity contribution in [1.82, 2.24) is 9.78 Å². The number of methoxy groups -OCH3 is 2. The van der Waals surface area contributed by atoms with Crippen LogP contribution in [-0.2, 0) is 0 Å². The zero-order chi connectivity index (χ0) is 27.5. The molecule has 0 saturated heterocycles. The van der Waals surface area contributed by atoms with Gasteiger partial charge in [0.1, 0.15) is 11.5 Å². The summed E-state index contributed by atoms with van der Waals surface area (Å²) in [7, 11) is 3.12. The molecule has 3 aromatic carbocycles. The number of rotatable bonds is 8. The first-order valence-corrected chi connectivity index (χ1v) is 12.9. The molecular weight excluding hydrogens is 516 g/mol. The monoisotopic (exact) mass is 542 g/mol. The second-order valence-corrected chi connectivity index (χ2v) is 9.58. The highest BCUT2D eigenvalue weighted by atomic mass is 32.1. The highest BCUT2D eigenvalue weighted by molar-refractivity contribution is 7.10. The van der Waals surface area contributed by atoms with Crippen molar-refractivity contribution in [2.75, 3.05) is 14.2 Å². The molecule has 0 unspecified atom stereocenters. The first-order chi connectivity index (χ1) is 18.9. The molecule has 0 aliphatic carbocycles. The zero-order valence-electron chi connectivity index (χ0n) is 22.1. The lowest BCUT2D eigenvalue weighted by atomic mass is 10.0. The summed E-state index contributed by atoms with van der Waals surface area (Å²) < 4.78 is 25.2. The number of nitrogens with zero attached hydrogens (tertiary/aromatic N) is 4. The minimum absolute atomic E-state index is 0.154. The number of fused-ring (bicyclic) bond motifs is 1. The number of ether oxygens (including phenoxy) is 3. The third kappa shape index (κ3) is 5.06. The van der Waals surface area contributed by atoms with Gasteiger partial charge in [-0.3, -0.25) is 4.79 Å². The molecule has 0 aliphatic rings. The Morgan fingerprint density at radius 2 is 1.67 bits per heavy atom. The number of Topliss-reactive ketones (excluding diaryl/α,β-unsaturated/α-hetero) is 1. The van der Waals surface area contributed by atoms with Crippen LogP contribution in [0.5, 0.6) is 23.0 Å². The Hall–Kier alpha value is -4.70. The van der Waals surface area contributed by atoms with E-state index in [0.29, 0.717) is 55.1 Å². The maximum absolute atomic E-state index is 12.1. The normalized spacial score (nSPS) is 12.1. The Bertz CT molecular complexity index is 1750. The third-order valence-electron chi connectivity index (χ3n) is 5.93. The van der Waals surface area contributed by atoms with E-state index in [4.69, 9.17) is 18.6 Å². The van der Waals surface area contributed by atoms with Crippen LogP contribution in [0.15, 0.2) is 81.5 Å². The molecule has 0 aliphatic heterocycles. The molecule has 0 spiro atoms. The van der Waals surface area contributed by atoms with Gasteiger partial charge in [-0.2, -0.15) is 10.2 Å². The number of ketones is 1. The lowest BCUT2D eigenvalue weighted by molar-refractivity contribution is 0.101. The molecule has 0 fully saturated rings. The van der Waals surface area contributed by atoms with Gasteiger partial charge in [0.2, 0.25) is 10.6 Å². The molecule has 5 aromatic rings. The van der Waals surface area contributed by atoms with Gasteiger partial charge < -0.3 is 18.6 Å². The topological polar surface area (TPSA) is 100 Å². The lowest BCUT2D eigenvalue weighted by Crippen LogP contribution is -2.14. The Labute approximate surface area is 228 Å². The van der Waals surface area contributed by atoms with Crippen LogP contribution in [0.3, 0.4) is 0 Å². The van der Waals surface area contributed by atoms with Gasteiger partial charge in [0.15, 0.2) is 22.1 Å². The van der Waals surface area contributed by atoms with Crippen molar-refractivity contribution in [3.05, 3.63) is 87.9 Å². The van der Waals surface area contributed by atoms with Crippen molar-refractivity contribution in [3.8, 4) is 28.7 Å². The van der Waals surface area contributed by atoms with Crippen LogP contribution in [0.2, 0.25) is 0 Å². The zero-order valence-corrected chi connectivity index (χ0v) is 22.9. The fraction of sp³-hybridized carbons (Fsp3) is 0.172. The van der Waals surface area contributed by atoms with E-state index >= 15 is 0 Å². The van der Waals surface area contributed by atoms with E-state index in [1.54, 1.807) is 38.2 Å². The summed E-state index contributed by atoms with van der Waals surface area (Å²) in [5, 5.41) is 14.6. The number of hydrogen-bond acceptors (Lipinski definition) is 9. The van der Waals surface area contributed by atoms with Gasteiger partial charge in [0.25, 0.3) is 0 Å². The highest BCUT2D eigenvalue weighted by Crippen LogP contribution is 2.48. The molecule has 5 rings (SSSR count). The molecule has 0 amide bonds. The average molecular weight is 543 g/mol. The molecule has 0 radical (unpaired) electrons. The standard InChI is InChI=1S/C29H26N4O5S/c1-17-11-13-20(14-12-17)33-29(39-28(32-33)19(3)34)31-30-18(2)23-24(35-4)22-15-16-37-25(22)27(36-5)26(23)38-21-9-7-6-8-10-21/h6-16H,1-5H3/b30-18+,31-29?. The number of hydrogen-bond donors (Lipinski definition) is 0. The molecule has 198 valence electrons. The minimum Gasteiger partial charge on any atom is -0.495 e. The fourth-order valence-corrected chi connectivity index (χ4v) is 4.81. The number of carbonyl (C=O) groups excluding carboxylic acids is 1. The van der Waals surface area contributed by atoms with E-state index in [1.165, 1.54) is 6.92 Å². The number of aromatic nitrogens is 2. The molecular formula is C29H26N4O5S. The first kappa shape index (κ1) is 25.9. The van der Waals surface area contributed by atoms with Crippen LogP contribution in [0, 0.1) is 6.92 Å². The molecule has 0 N–H and O–H groups in total. The van der Waals surface area contributed by atoms with Gasteiger partial charge in [-0.15, -0.1) is 5.10 Å². The molecule has 0 bridgehead atoms. The number of carbonyl (C=O) groups is 1. The summed E-state index contributed by atoms with van der Waals surface area (Å²) >= 11 is 1.16.